The van der Waals surface area contributed by atoms with E-state index >= 15 is 0 Å². The molecule has 20 heavy (non-hydrogen) atoms. The van der Waals surface area contributed by atoms with Gasteiger partial charge in [-0.25, -0.2) is 13.4 Å². The van der Waals surface area contributed by atoms with E-state index in [2.05, 4.69) is 4.98 Å². The predicted molar refractivity (Wildman–Crippen MR) is 74.9 cm³/mol. The van der Waals surface area contributed by atoms with E-state index in [0.29, 0.717) is 29.8 Å². The van der Waals surface area contributed by atoms with Crippen molar-refractivity contribution in [3.05, 3.63) is 24.1 Å². The third-order valence-electron chi connectivity index (χ3n) is 3.55. The zero-order valence-corrected chi connectivity index (χ0v) is 11.9. The number of rotatable bonds is 3. The molecular weight excluding hydrogens is 280 g/mol. The largest absolute Gasteiger partial charge is 0.440 e. The standard InChI is InChI=1S/C13H16N2O4S/c1-8-12(4-5-18-8)20(16,17)7-13-15-10-6-9(14)2-3-11(10)19-13/h2-3,6,8,12H,4-5,7,14H2,1H3. The first-order valence-electron chi connectivity index (χ1n) is 6.44. The molecule has 1 aromatic carbocycles. The van der Waals surface area contributed by atoms with Crippen LogP contribution in [0.2, 0.25) is 0 Å². The summed E-state index contributed by atoms with van der Waals surface area (Å²) in [5, 5.41) is -0.484. The van der Waals surface area contributed by atoms with Crippen molar-refractivity contribution >= 4 is 26.6 Å². The molecule has 108 valence electrons. The lowest BCUT2D eigenvalue weighted by molar-refractivity contribution is 0.126. The van der Waals surface area contributed by atoms with Crippen LogP contribution in [0.3, 0.4) is 0 Å². The second-order valence-corrected chi connectivity index (χ2v) is 7.26. The molecule has 2 heterocycles. The minimum atomic E-state index is -3.33. The molecular formula is C13H16N2O4S. The Morgan fingerprint density at radius 1 is 1.45 bits per heavy atom. The average Bonchev–Trinajstić information content (AvgIpc) is 2.93. The van der Waals surface area contributed by atoms with Gasteiger partial charge in [-0.3, -0.25) is 0 Å². The molecule has 2 N–H and O–H groups in total. The van der Waals surface area contributed by atoms with Crippen LogP contribution in [0.5, 0.6) is 0 Å². The van der Waals surface area contributed by atoms with Crippen molar-refractivity contribution in [1.29, 1.82) is 0 Å². The Morgan fingerprint density at radius 2 is 2.25 bits per heavy atom. The number of fused-ring (bicyclic) bond motifs is 1. The number of oxazole rings is 1. The van der Waals surface area contributed by atoms with Crippen LogP contribution in [0.4, 0.5) is 5.69 Å². The molecule has 2 unspecified atom stereocenters. The lowest BCUT2D eigenvalue weighted by Crippen LogP contribution is -2.29. The Hall–Kier alpha value is -1.60. The van der Waals surface area contributed by atoms with Gasteiger partial charge in [0.25, 0.3) is 0 Å². The molecule has 2 aromatic rings. The van der Waals surface area contributed by atoms with Crippen LogP contribution < -0.4 is 5.73 Å². The SMILES string of the molecule is CC1OCCC1S(=O)(=O)Cc1nc2cc(N)ccc2o1. The number of nitrogens with zero attached hydrogens (tertiary/aromatic N) is 1. The first-order valence-corrected chi connectivity index (χ1v) is 8.15. The van der Waals surface area contributed by atoms with Crippen LogP contribution >= 0.6 is 0 Å². The van der Waals surface area contributed by atoms with Gasteiger partial charge in [0, 0.05) is 12.3 Å². The van der Waals surface area contributed by atoms with Gasteiger partial charge in [-0.15, -0.1) is 0 Å². The normalized spacial score (nSPS) is 23.4. The van der Waals surface area contributed by atoms with E-state index in [0.717, 1.165) is 0 Å². The third-order valence-corrected chi connectivity index (χ3v) is 5.74. The number of hydrogen-bond donors (Lipinski definition) is 1. The van der Waals surface area contributed by atoms with Crippen molar-refractivity contribution < 1.29 is 17.6 Å². The van der Waals surface area contributed by atoms with Gasteiger partial charge in [-0.05, 0) is 31.5 Å². The van der Waals surface area contributed by atoms with Crippen molar-refractivity contribution in [2.45, 2.75) is 30.5 Å². The van der Waals surface area contributed by atoms with Crippen molar-refractivity contribution in [2.24, 2.45) is 0 Å². The number of anilines is 1. The van der Waals surface area contributed by atoms with Gasteiger partial charge in [0.2, 0.25) is 5.89 Å². The molecule has 0 amide bonds. The molecule has 6 nitrogen and oxygen atoms in total. The summed E-state index contributed by atoms with van der Waals surface area (Å²) in [6, 6.07) is 5.05. The molecule has 2 atom stereocenters. The van der Waals surface area contributed by atoms with E-state index in [4.69, 9.17) is 14.9 Å². The van der Waals surface area contributed by atoms with Gasteiger partial charge in [-0.2, -0.15) is 0 Å². The molecule has 0 saturated carbocycles. The maximum absolute atomic E-state index is 12.4. The van der Waals surface area contributed by atoms with Crippen LogP contribution in [-0.2, 0) is 20.3 Å². The fraction of sp³-hybridized carbons (Fsp3) is 0.462. The molecule has 1 aromatic heterocycles. The lowest BCUT2D eigenvalue weighted by Gasteiger charge is -2.13. The summed E-state index contributed by atoms with van der Waals surface area (Å²) in [7, 11) is -3.33. The minimum Gasteiger partial charge on any atom is -0.440 e. The molecule has 0 spiro atoms. The molecule has 1 aliphatic rings. The first-order chi connectivity index (χ1) is 9.45. The molecule has 1 fully saturated rings. The molecule has 7 heteroatoms. The highest BCUT2D eigenvalue weighted by Gasteiger charge is 2.36. The van der Waals surface area contributed by atoms with Gasteiger partial charge >= 0.3 is 0 Å². The van der Waals surface area contributed by atoms with Gasteiger partial charge in [-0.1, -0.05) is 0 Å². The number of aromatic nitrogens is 1. The quantitative estimate of drug-likeness (QED) is 0.862. The smallest absolute Gasteiger partial charge is 0.210 e. The number of hydrogen-bond acceptors (Lipinski definition) is 6. The summed E-state index contributed by atoms with van der Waals surface area (Å²) in [6.45, 7) is 2.26. The molecule has 1 saturated heterocycles. The fourth-order valence-electron chi connectivity index (χ4n) is 2.52. The fourth-order valence-corrected chi connectivity index (χ4v) is 4.32. The summed E-state index contributed by atoms with van der Waals surface area (Å²) >= 11 is 0. The van der Waals surface area contributed by atoms with E-state index < -0.39 is 15.1 Å². The number of ether oxygens (including phenoxy) is 1. The molecule has 0 radical (unpaired) electrons. The second kappa shape index (κ2) is 4.75. The Balaban J connectivity index is 1.88. The Labute approximate surface area is 116 Å². The van der Waals surface area contributed by atoms with Crippen LogP contribution in [0.25, 0.3) is 11.1 Å². The molecule has 3 rings (SSSR count). The Bertz CT molecular complexity index is 738. The number of benzene rings is 1. The summed E-state index contributed by atoms with van der Waals surface area (Å²) in [4.78, 5) is 4.19. The van der Waals surface area contributed by atoms with Gasteiger partial charge in [0.1, 0.15) is 11.3 Å². The average molecular weight is 296 g/mol. The summed E-state index contributed by atoms with van der Waals surface area (Å²) in [6.07, 6.45) is 0.247. The second-order valence-electron chi connectivity index (χ2n) is 5.05. The lowest BCUT2D eigenvalue weighted by atomic mass is 10.3. The van der Waals surface area contributed by atoms with Crippen LogP contribution in [0.15, 0.2) is 22.6 Å². The molecule has 0 bridgehead atoms. The zero-order chi connectivity index (χ0) is 14.3. The summed E-state index contributed by atoms with van der Waals surface area (Å²) in [5.41, 5.74) is 7.35. The van der Waals surface area contributed by atoms with Crippen LogP contribution in [0.1, 0.15) is 19.2 Å². The summed E-state index contributed by atoms with van der Waals surface area (Å²) < 4.78 is 35.5. The van der Waals surface area contributed by atoms with Gasteiger partial charge < -0.3 is 14.9 Å². The molecule has 0 aliphatic carbocycles. The van der Waals surface area contributed by atoms with Crippen molar-refractivity contribution in [3.63, 3.8) is 0 Å². The maximum atomic E-state index is 12.4. The Morgan fingerprint density at radius 3 is 2.95 bits per heavy atom. The highest BCUT2D eigenvalue weighted by atomic mass is 32.2. The highest BCUT2D eigenvalue weighted by molar-refractivity contribution is 7.91. The van der Waals surface area contributed by atoms with E-state index in [1.165, 1.54) is 0 Å². The minimum absolute atomic E-state index is 0.199. The van der Waals surface area contributed by atoms with Crippen LogP contribution in [-0.4, -0.2) is 31.4 Å². The topological polar surface area (TPSA) is 95.4 Å². The number of nitrogens with two attached hydrogens (primary N) is 1. The van der Waals surface area contributed by atoms with Gasteiger partial charge in [0.15, 0.2) is 15.4 Å². The third kappa shape index (κ3) is 2.38. The Kier molecular flexibility index (Phi) is 3.18. The predicted octanol–water partition coefficient (Wildman–Crippen LogP) is 1.50. The zero-order valence-electron chi connectivity index (χ0n) is 11.1. The highest BCUT2D eigenvalue weighted by Crippen LogP contribution is 2.25. The van der Waals surface area contributed by atoms with E-state index in [1.807, 2.05) is 0 Å². The first kappa shape index (κ1) is 13.4. The number of sulfone groups is 1. The van der Waals surface area contributed by atoms with E-state index in [-0.39, 0.29) is 17.7 Å². The van der Waals surface area contributed by atoms with Crippen LogP contribution in [0, 0.1) is 0 Å². The number of nitrogen functional groups attached to an aromatic ring is 1. The van der Waals surface area contributed by atoms with Crippen molar-refractivity contribution in [2.75, 3.05) is 12.3 Å². The van der Waals surface area contributed by atoms with Gasteiger partial charge in [0.05, 0.1) is 11.4 Å². The van der Waals surface area contributed by atoms with E-state index in [1.54, 1.807) is 25.1 Å². The monoisotopic (exact) mass is 296 g/mol. The van der Waals surface area contributed by atoms with Crippen molar-refractivity contribution in [1.82, 2.24) is 4.98 Å². The summed E-state index contributed by atoms with van der Waals surface area (Å²) in [5.74, 6) is -0.00959. The molecule has 1 aliphatic heterocycles. The van der Waals surface area contributed by atoms with E-state index in [9.17, 15) is 8.42 Å². The van der Waals surface area contributed by atoms with Crippen molar-refractivity contribution in [3.8, 4) is 0 Å². The maximum Gasteiger partial charge on any atom is 0.210 e.